The first-order valence-corrected chi connectivity index (χ1v) is 7.64. The normalized spacial score (nSPS) is 12.3. The van der Waals surface area contributed by atoms with E-state index in [-0.39, 0.29) is 10.8 Å². The maximum Gasteiger partial charge on any atom is 0.0387 e. The molecule has 0 bridgehead atoms. The summed E-state index contributed by atoms with van der Waals surface area (Å²) >= 11 is 0. The molecule has 0 aliphatic carbocycles. The Balaban J connectivity index is 2.27. The van der Waals surface area contributed by atoms with Crippen LogP contribution in [0.25, 0.3) is 0 Å². The van der Waals surface area contributed by atoms with Gasteiger partial charge in [-0.05, 0) is 46.2 Å². The smallest absolute Gasteiger partial charge is 0.0387 e. The Kier molecular flexibility index (Phi) is 4.13. The molecule has 0 heterocycles. The van der Waals surface area contributed by atoms with E-state index in [1.54, 1.807) is 0 Å². The zero-order valence-corrected chi connectivity index (χ0v) is 14.1. The molecule has 0 saturated carbocycles. The van der Waals surface area contributed by atoms with Crippen molar-refractivity contribution in [2.75, 3.05) is 5.32 Å². The van der Waals surface area contributed by atoms with E-state index in [1.807, 2.05) is 0 Å². The summed E-state index contributed by atoms with van der Waals surface area (Å²) in [7, 11) is 0. The lowest BCUT2D eigenvalue weighted by Gasteiger charge is -2.21. The van der Waals surface area contributed by atoms with Gasteiger partial charge >= 0.3 is 0 Å². The van der Waals surface area contributed by atoms with Crippen molar-refractivity contribution in [3.05, 3.63) is 59.7 Å². The lowest BCUT2D eigenvalue weighted by molar-refractivity contribution is 0.590. The van der Waals surface area contributed by atoms with Gasteiger partial charge in [-0.2, -0.15) is 0 Å². The van der Waals surface area contributed by atoms with Gasteiger partial charge in [0.1, 0.15) is 0 Å². The zero-order valence-electron chi connectivity index (χ0n) is 14.1. The molecule has 1 heteroatoms. The van der Waals surface area contributed by atoms with Gasteiger partial charge in [-0.25, -0.2) is 0 Å². The minimum absolute atomic E-state index is 0.172. The molecular formula is C20H27N. The average Bonchev–Trinajstić information content (AvgIpc) is 2.37. The highest BCUT2D eigenvalue weighted by molar-refractivity contribution is 5.61. The largest absolute Gasteiger partial charge is 0.356 e. The number of benzene rings is 2. The Bertz CT molecular complexity index is 557. The molecular weight excluding hydrogens is 254 g/mol. The second-order valence-electron chi connectivity index (χ2n) is 7.79. The minimum atomic E-state index is 0.172. The third kappa shape index (κ3) is 4.10. The van der Waals surface area contributed by atoms with Crippen molar-refractivity contribution in [3.8, 4) is 0 Å². The van der Waals surface area contributed by atoms with Gasteiger partial charge in [0.25, 0.3) is 0 Å². The summed E-state index contributed by atoms with van der Waals surface area (Å²) < 4.78 is 0. The number of hydrogen-bond donors (Lipinski definition) is 1. The molecule has 0 fully saturated rings. The van der Waals surface area contributed by atoms with Crippen LogP contribution in [0.15, 0.2) is 48.5 Å². The Labute approximate surface area is 129 Å². The predicted octanol–water partition coefficient (Wildman–Crippen LogP) is 6.03. The van der Waals surface area contributed by atoms with Crippen molar-refractivity contribution in [1.82, 2.24) is 0 Å². The van der Waals surface area contributed by atoms with Gasteiger partial charge in [0.05, 0.1) is 0 Å². The molecule has 2 rings (SSSR count). The van der Waals surface area contributed by atoms with Crippen molar-refractivity contribution in [2.24, 2.45) is 0 Å². The predicted molar refractivity (Wildman–Crippen MR) is 93.6 cm³/mol. The van der Waals surface area contributed by atoms with E-state index in [1.165, 1.54) is 11.1 Å². The summed E-state index contributed by atoms with van der Waals surface area (Å²) in [4.78, 5) is 0. The highest BCUT2D eigenvalue weighted by Crippen LogP contribution is 2.28. The molecule has 0 saturated heterocycles. The molecule has 21 heavy (non-hydrogen) atoms. The van der Waals surface area contributed by atoms with Crippen LogP contribution in [0.1, 0.15) is 52.7 Å². The first-order chi connectivity index (χ1) is 9.66. The second kappa shape index (κ2) is 5.55. The van der Waals surface area contributed by atoms with Gasteiger partial charge in [-0.15, -0.1) is 0 Å². The van der Waals surface area contributed by atoms with Crippen LogP contribution >= 0.6 is 0 Å². The lowest BCUT2D eigenvalue weighted by atomic mass is 9.86. The van der Waals surface area contributed by atoms with Crippen LogP contribution in [-0.2, 0) is 10.8 Å². The fourth-order valence-corrected chi connectivity index (χ4v) is 2.29. The Morgan fingerprint density at radius 2 is 1.00 bits per heavy atom. The van der Waals surface area contributed by atoms with Crippen LogP contribution in [0.5, 0.6) is 0 Å². The van der Waals surface area contributed by atoms with Crippen LogP contribution in [0.3, 0.4) is 0 Å². The maximum absolute atomic E-state index is 3.53. The van der Waals surface area contributed by atoms with Crippen molar-refractivity contribution in [1.29, 1.82) is 0 Å². The summed E-state index contributed by atoms with van der Waals surface area (Å²) in [5.41, 5.74) is 5.33. The van der Waals surface area contributed by atoms with Gasteiger partial charge < -0.3 is 5.32 Å². The van der Waals surface area contributed by atoms with Crippen LogP contribution in [0.2, 0.25) is 0 Å². The SMILES string of the molecule is CC(C)(C)c1cccc(Nc2cccc(C(C)(C)C)c2)c1. The van der Waals surface area contributed by atoms with Gasteiger partial charge in [0.2, 0.25) is 0 Å². The van der Waals surface area contributed by atoms with Crippen LogP contribution in [0, 0.1) is 0 Å². The molecule has 2 aromatic rings. The fourth-order valence-electron chi connectivity index (χ4n) is 2.29. The van der Waals surface area contributed by atoms with E-state index in [4.69, 9.17) is 0 Å². The summed E-state index contributed by atoms with van der Waals surface area (Å²) in [6.45, 7) is 13.5. The summed E-state index contributed by atoms with van der Waals surface area (Å²) in [5.74, 6) is 0. The van der Waals surface area contributed by atoms with Gasteiger partial charge in [0.15, 0.2) is 0 Å². The lowest BCUT2D eigenvalue weighted by Crippen LogP contribution is -2.12. The van der Waals surface area contributed by atoms with Gasteiger partial charge in [0, 0.05) is 11.4 Å². The van der Waals surface area contributed by atoms with E-state index in [0.717, 1.165) is 11.4 Å². The number of hydrogen-bond acceptors (Lipinski definition) is 1. The van der Waals surface area contributed by atoms with E-state index < -0.39 is 0 Å². The molecule has 0 spiro atoms. The summed E-state index contributed by atoms with van der Waals surface area (Å²) in [6, 6.07) is 17.4. The van der Waals surface area contributed by atoms with Crippen molar-refractivity contribution in [2.45, 2.75) is 52.4 Å². The van der Waals surface area contributed by atoms with Crippen molar-refractivity contribution >= 4 is 11.4 Å². The van der Waals surface area contributed by atoms with E-state index in [9.17, 15) is 0 Å². The minimum Gasteiger partial charge on any atom is -0.356 e. The Morgan fingerprint density at radius 3 is 1.33 bits per heavy atom. The first-order valence-electron chi connectivity index (χ1n) is 7.64. The second-order valence-corrected chi connectivity index (χ2v) is 7.79. The van der Waals surface area contributed by atoms with E-state index in [2.05, 4.69) is 95.4 Å². The molecule has 0 amide bonds. The third-order valence-electron chi connectivity index (χ3n) is 3.75. The highest BCUT2D eigenvalue weighted by Gasteiger charge is 2.15. The number of anilines is 2. The molecule has 0 unspecified atom stereocenters. The first kappa shape index (κ1) is 15.6. The summed E-state index contributed by atoms with van der Waals surface area (Å²) in [5, 5.41) is 3.53. The Hall–Kier alpha value is -1.76. The maximum atomic E-state index is 3.53. The number of rotatable bonds is 2. The third-order valence-corrected chi connectivity index (χ3v) is 3.75. The monoisotopic (exact) mass is 281 g/mol. The van der Waals surface area contributed by atoms with Crippen LogP contribution < -0.4 is 5.32 Å². The molecule has 1 N–H and O–H groups in total. The fraction of sp³-hybridized carbons (Fsp3) is 0.400. The Morgan fingerprint density at radius 1 is 0.619 bits per heavy atom. The summed E-state index contributed by atoms with van der Waals surface area (Å²) in [6.07, 6.45) is 0. The quantitative estimate of drug-likeness (QED) is 0.709. The van der Waals surface area contributed by atoms with Gasteiger partial charge in [-0.1, -0.05) is 65.8 Å². The van der Waals surface area contributed by atoms with Crippen molar-refractivity contribution in [3.63, 3.8) is 0 Å². The van der Waals surface area contributed by atoms with Gasteiger partial charge in [-0.3, -0.25) is 0 Å². The van der Waals surface area contributed by atoms with Crippen LogP contribution in [0.4, 0.5) is 11.4 Å². The molecule has 2 aromatic carbocycles. The van der Waals surface area contributed by atoms with E-state index in [0.29, 0.717) is 0 Å². The molecule has 0 aromatic heterocycles. The number of nitrogens with one attached hydrogen (secondary N) is 1. The van der Waals surface area contributed by atoms with Crippen LogP contribution in [-0.4, -0.2) is 0 Å². The van der Waals surface area contributed by atoms with E-state index >= 15 is 0 Å². The molecule has 1 nitrogen and oxygen atoms in total. The molecule has 0 aliphatic rings. The topological polar surface area (TPSA) is 12.0 Å². The molecule has 0 aliphatic heterocycles. The molecule has 112 valence electrons. The molecule has 0 radical (unpaired) electrons. The average molecular weight is 281 g/mol. The van der Waals surface area contributed by atoms with Crippen molar-refractivity contribution < 1.29 is 0 Å². The zero-order chi connectivity index (χ0) is 15.7. The molecule has 0 atom stereocenters. The highest BCUT2D eigenvalue weighted by atomic mass is 14.9. The standard InChI is InChI=1S/C20H27N/c1-19(2,3)15-9-7-11-17(13-15)21-18-12-8-10-16(14-18)20(4,5)6/h7-14,21H,1-6H3.